The van der Waals surface area contributed by atoms with Gasteiger partial charge in [0.25, 0.3) is 5.91 Å². The van der Waals surface area contributed by atoms with Crippen LogP contribution in [0.5, 0.6) is 0 Å². The molecule has 0 bridgehead atoms. The summed E-state index contributed by atoms with van der Waals surface area (Å²) in [5, 5.41) is 0.578. The quantitative estimate of drug-likeness (QED) is 0.381. The van der Waals surface area contributed by atoms with Crippen LogP contribution >= 0.6 is 35.5 Å². The van der Waals surface area contributed by atoms with Crippen molar-refractivity contribution in [1.29, 1.82) is 0 Å². The fraction of sp³-hybridized carbons (Fsp3) is 0.364. The number of benzene rings is 2. The van der Waals surface area contributed by atoms with Crippen LogP contribution in [-0.4, -0.2) is 62.9 Å². The molecule has 10 heteroatoms. The summed E-state index contributed by atoms with van der Waals surface area (Å²) in [6, 6.07) is 12.4. The highest BCUT2D eigenvalue weighted by Crippen LogP contribution is 2.33. The molecule has 0 fully saturated rings. The van der Waals surface area contributed by atoms with Crippen LogP contribution in [0.4, 0.5) is 5.13 Å². The van der Waals surface area contributed by atoms with Crippen LogP contribution in [0.2, 0.25) is 0 Å². The van der Waals surface area contributed by atoms with Gasteiger partial charge in [-0.05, 0) is 49.7 Å². The molecule has 1 aromatic heterocycles. The number of hydrogen-bond acceptors (Lipinski definition) is 7. The predicted octanol–water partition coefficient (Wildman–Crippen LogP) is 4.83. The number of halogens is 1. The Hall–Kier alpha value is -1.65. The minimum atomic E-state index is -3.55. The van der Waals surface area contributed by atoms with E-state index in [1.807, 2.05) is 18.4 Å². The zero-order valence-corrected chi connectivity index (χ0v) is 21.8. The zero-order chi connectivity index (χ0) is 22.6. The lowest BCUT2D eigenvalue weighted by Gasteiger charge is -2.25. The minimum absolute atomic E-state index is 0. The maximum Gasteiger partial charge on any atom is 0.261 e. The van der Waals surface area contributed by atoms with Crippen LogP contribution in [0.25, 0.3) is 10.2 Å². The number of likely N-dealkylation sites (N-methyl/N-ethyl adjacent to an activating group) is 1. The number of amides is 1. The van der Waals surface area contributed by atoms with Crippen LogP contribution < -0.4 is 4.90 Å². The molecule has 1 heterocycles. The van der Waals surface area contributed by atoms with Gasteiger partial charge >= 0.3 is 0 Å². The molecule has 2 aromatic carbocycles. The Balaban J connectivity index is 0.00000363. The Kier molecular flexibility index (Phi) is 9.53. The average molecular weight is 514 g/mol. The monoisotopic (exact) mass is 513 g/mol. The van der Waals surface area contributed by atoms with Gasteiger partial charge < -0.3 is 4.90 Å². The van der Waals surface area contributed by atoms with Crippen molar-refractivity contribution < 1.29 is 13.2 Å². The highest BCUT2D eigenvalue weighted by molar-refractivity contribution is 7.98. The normalized spacial score (nSPS) is 11.5. The van der Waals surface area contributed by atoms with Crippen LogP contribution in [0.3, 0.4) is 0 Å². The van der Waals surface area contributed by atoms with E-state index in [-0.39, 0.29) is 28.8 Å². The van der Waals surface area contributed by atoms with E-state index in [1.165, 1.54) is 17.4 Å². The lowest BCUT2D eigenvalue weighted by Crippen LogP contribution is -2.39. The summed E-state index contributed by atoms with van der Waals surface area (Å²) in [6.45, 7) is 7.00. The smallest absolute Gasteiger partial charge is 0.261 e. The number of thiazole rings is 1. The lowest BCUT2D eigenvalue weighted by molar-refractivity contribution is 0.0980. The molecule has 0 aliphatic carbocycles. The molecule has 0 saturated carbocycles. The van der Waals surface area contributed by atoms with Crippen molar-refractivity contribution >= 4 is 66.6 Å². The molecule has 0 N–H and O–H groups in total. The molecule has 0 aliphatic rings. The number of thioether (sulfide) groups is 1. The van der Waals surface area contributed by atoms with E-state index in [9.17, 15) is 13.2 Å². The van der Waals surface area contributed by atoms with E-state index in [2.05, 4.69) is 24.8 Å². The topological polar surface area (TPSA) is 70.6 Å². The maximum absolute atomic E-state index is 13.6. The molecule has 3 rings (SSSR count). The highest BCUT2D eigenvalue weighted by atomic mass is 35.5. The second-order valence-electron chi connectivity index (χ2n) is 7.08. The molecule has 0 aliphatic heterocycles. The standard InChI is InChI=1S/C22H27N3O3S3.ClH/c1-5-24(6-2)13-14-25(21(26)17-9-7-8-10-20(17)31(4,27)28)22-23-18-12-11-16(29-3)15-19(18)30-22;/h7-12,15H,5-6,13-14H2,1-4H3;1H. The summed E-state index contributed by atoms with van der Waals surface area (Å²) in [6.07, 6.45) is 3.14. The molecule has 0 saturated heterocycles. The van der Waals surface area contributed by atoms with Crippen LogP contribution in [-0.2, 0) is 9.84 Å². The fourth-order valence-electron chi connectivity index (χ4n) is 3.31. The highest BCUT2D eigenvalue weighted by Gasteiger charge is 2.26. The van der Waals surface area contributed by atoms with E-state index in [0.29, 0.717) is 18.2 Å². The molecule has 3 aromatic rings. The Morgan fingerprint density at radius 2 is 1.78 bits per heavy atom. The molecule has 0 radical (unpaired) electrons. The Morgan fingerprint density at radius 3 is 2.41 bits per heavy atom. The van der Waals surface area contributed by atoms with Gasteiger partial charge in [0.05, 0.1) is 20.7 Å². The van der Waals surface area contributed by atoms with Gasteiger partial charge in [0.1, 0.15) is 0 Å². The van der Waals surface area contributed by atoms with Crippen LogP contribution in [0.15, 0.2) is 52.3 Å². The van der Waals surface area contributed by atoms with Crippen molar-refractivity contribution in [3.05, 3.63) is 48.0 Å². The van der Waals surface area contributed by atoms with Crippen LogP contribution in [0.1, 0.15) is 24.2 Å². The third-order valence-electron chi connectivity index (χ3n) is 5.11. The van der Waals surface area contributed by atoms with Gasteiger partial charge in [0.15, 0.2) is 15.0 Å². The van der Waals surface area contributed by atoms with Crippen molar-refractivity contribution in [1.82, 2.24) is 9.88 Å². The average Bonchev–Trinajstić information content (AvgIpc) is 3.18. The maximum atomic E-state index is 13.6. The van der Waals surface area contributed by atoms with Crippen molar-refractivity contribution in [3.8, 4) is 0 Å². The number of nitrogens with zero attached hydrogens (tertiary/aromatic N) is 3. The molecule has 1 amide bonds. The predicted molar refractivity (Wildman–Crippen MR) is 138 cm³/mol. The number of carbonyl (C=O) groups is 1. The first-order chi connectivity index (χ1) is 14.8. The van der Waals surface area contributed by atoms with Crippen molar-refractivity contribution in [2.24, 2.45) is 0 Å². The van der Waals surface area contributed by atoms with Gasteiger partial charge in [0.2, 0.25) is 0 Å². The van der Waals surface area contributed by atoms with Gasteiger partial charge in [-0.1, -0.05) is 37.3 Å². The van der Waals surface area contributed by atoms with E-state index < -0.39 is 9.84 Å². The van der Waals surface area contributed by atoms with E-state index in [0.717, 1.165) is 34.5 Å². The third kappa shape index (κ3) is 6.02. The number of hydrogen-bond donors (Lipinski definition) is 0. The first-order valence-corrected chi connectivity index (χ1v) is 14.0. The van der Waals surface area contributed by atoms with Crippen molar-refractivity contribution in [2.45, 2.75) is 23.6 Å². The van der Waals surface area contributed by atoms with Gasteiger partial charge in [0, 0.05) is 24.2 Å². The first-order valence-electron chi connectivity index (χ1n) is 10.1. The Labute approximate surface area is 204 Å². The van der Waals surface area contributed by atoms with Gasteiger partial charge in [-0.2, -0.15) is 0 Å². The largest absolute Gasteiger partial charge is 0.302 e. The Bertz CT molecular complexity index is 1180. The summed E-state index contributed by atoms with van der Waals surface area (Å²) in [5.41, 5.74) is 1.00. The van der Waals surface area contributed by atoms with Gasteiger partial charge in [-0.3, -0.25) is 9.69 Å². The molecule has 0 unspecified atom stereocenters. The minimum Gasteiger partial charge on any atom is -0.302 e. The number of carbonyl (C=O) groups excluding carboxylic acids is 1. The lowest BCUT2D eigenvalue weighted by atomic mass is 10.2. The van der Waals surface area contributed by atoms with Gasteiger partial charge in [-0.25, -0.2) is 13.4 Å². The van der Waals surface area contributed by atoms with Crippen molar-refractivity contribution in [2.75, 3.05) is 43.6 Å². The molecule has 0 atom stereocenters. The second-order valence-corrected chi connectivity index (χ2v) is 11.0. The number of sulfone groups is 1. The number of fused-ring (bicyclic) bond motifs is 1. The van der Waals surface area contributed by atoms with E-state index in [4.69, 9.17) is 4.98 Å². The number of rotatable bonds is 9. The zero-order valence-electron chi connectivity index (χ0n) is 18.6. The summed E-state index contributed by atoms with van der Waals surface area (Å²) in [5.74, 6) is -0.350. The van der Waals surface area contributed by atoms with Gasteiger partial charge in [-0.15, -0.1) is 24.2 Å². The van der Waals surface area contributed by atoms with Crippen molar-refractivity contribution in [3.63, 3.8) is 0 Å². The second kappa shape index (κ2) is 11.5. The summed E-state index contributed by atoms with van der Waals surface area (Å²) < 4.78 is 25.6. The third-order valence-corrected chi connectivity index (χ3v) is 8.03. The summed E-state index contributed by atoms with van der Waals surface area (Å²) in [7, 11) is -3.55. The molecular weight excluding hydrogens is 486 g/mol. The fourth-order valence-corrected chi connectivity index (χ4v) is 5.74. The summed E-state index contributed by atoms with van der Waals surface area (Å²) >= 11 is 3.11. The molecule has 32 heavy (non-hydrogen) atoms. The van der Waals surface area contributed by atoms with Crippen LogP contribution in [0, 0.1) is 0 Å². The first kappa shape index (κ1) is 26.6. The van der Waals surface area contributed by atoms with E-state index in [1.54, 1.807) is 34.9 Å². The Morgan fingerprint density at radius 1 is 1.09 bits per heavy atom. The molecule has 6 nitrogen and oxygen atoms in total. The summed E-state index contributed by atoms with van der Waals surface area (Å²) in [4.78, 5) is 23.3. The number of aromatic nitrogens is 1. The molecular formula is C22H28ClN3O3S3. The SMILES string of the molecule is CCN(CC)CCN(C(=O)c1ccccc1S(C)(=O)=O)c1nc2ccc(SC)cc2s1.Cl. The molecule has 174 valence electrons. The van der Waals surface area contributed by atoms with E-state index >= 15 is 0 Å². The molecule has 0 spiro atoms. The number of anilines is 1.